The van der Waals surface area contributed by atoms with Crippen molar-refractivity contribution in [1.29, 1.82) is 0 Å². The summed E-state index contributed by atoms with van der Waals surface area (Å²) in [7, 11) is 0. The van der Waals surface area contributed by atoms with Gasteiger partial charge in [-0.25, -0.2) is 0 Å². The number of carbonyl (C=O) groups excluding carboxylic acids is 5. The molecule has 11 nitrogen and oxygen atoms in total. The largest absolute Gasteiger partial charge is 0.456 e. The van der Waals surface area contributed by atoms with E-state index in [4.69, 9.17) is 28.4 Å². The highest BCUT2D eigenvalue weighted by atomic mass is 16.7. The summed E-state index contributed by atoms with van der Waals surface area (Å²) in [6, 6.07) is 0. The lowest BCUT2D eigenvalue weighted by Gasteiger charge is -2.43. The average molecular weight is 499 g/mol. The van der Waals surface area contributed by atoms with Crippen molar-refractivity contribution in [2.75, 3.05) is 13.2 Å². The van der Waals surface area contributed by atoms with Crippen LogP contribution in [0.3, 0.4) is 0 Å². The molecular formula is C24H34O11. The second-order valence-electron chi connectivity index (χ2n) is 9.30. The van der Waals surface area contributed by atoms with E-state index in [1.807, 2.05) is 13.8 Å². The number of carbonyl (C=O) groups is 5. The Morgan fingerprint density at radius 2 is 1.37 bits per heavy atom. The molecule has 0 radical (unpaired) electrons. The van der Waals surface area contributed by atoms with Gasteiger partial charge in [0.1, 0.15) is 6.10 Å². The maximum atomic E-state index is 12.2. The standard InChI is InChI=1S/C24H34O11/c1-12-17(24(6,7)9-8-18(12)29)10-30-11-19-20(31-13(2)25)21(32-14(3)26)22(33-15(4)27)23(35-19)34-16(5)28/h19-23H,8-11H2,1-7H3/t19-,20-,21+,22-,23-/m1/s1. The summed E-state index contributed by atoms with van der Waals surface area (Å²) in [5.41, 5.74) is 1.24. The molecule has 0 N–H and O–H groups in total. The van der Waals surface area contributed by atoms with Crippen molar-refractivity contribution in [3.63, 3.8) is 0 Å². The molecule has 35 heavy (non-hydrogen) atoms. The van der Waals surface area contributed by atoms with Gasteiger partial charge in [-0.15, -0.1) is 0 Å². The summed E-state index contributed by atoms with van der Waals surface area (Å²) in [5.74, 6) is -2.87. The zero-order chi connectivity index (χ0) is 26.5. The Hall–Kier alpha value is -2.79. The maximum Gasteiger partial charge on any atom is 0.305 e. The van der Waals surface area contributed by atoms with Gasteiger partial charge in [-0.1, -0.05) is 13.8 Å². The SMILES string of the molecule is CC(=O)O[C@@H]1O[C@H](COCC2=C(C)C(=O)CCC2(C)C)[C@@H](OC(C)=O)[C@H](OC(C)=O)[C@H]1OC(C)=O. The fraction of sp³-hybridized carbons (Fsp3) is 0.708. The quantitative estimate of drug-likeness (QED) is 0.357. The van der Waals surface area contributed by atoms with Crippen LogP contribution in [0.1, 0.15) is 61.3 Å². The van der Waals surface area contributed by atoms with Gasteiger partial charge < -0.3 is 28.4 Å². The average Bonchev–Trinajstić information content (AvgIpc) is 2.71. The van der Waals surface area contributed by atoms with Crippen LogP contribution in [-0.2, 0) is 52.4 Å². The molecule has 0 aromatic rings. The molecule has 0 unspecified atom stereocenters. The second kappa shape index (κ2) is 11.8. The summed E-state index contributed by atoms with van der Waals surface area (Å²) in [4.78, 5) is 59.3. The summed E-state index contributed by atoms with van der Waals surface area (Å²) in [5, 5.41) is 0. The van der Waals surface area contributed by atoms with Crippen LogP contribution in [0.15, 0.2) is 11.1 Å². The highest BCUT2D eigenvalue weighted by Gasteiger charge is 2.53. The van der Waals surface area contributed by atoms with Gasteiger partial charge in [0.15, 0.2) is 18.0 Å². The summed E-state index contributed by atoms with van der Waals surface area (Å²) < 4.78 is 32.9. The van der Waals surface area contributed by atoms with E-state index in [-0.39, 0.29) is 24.4 Å². The zero-order valence-corrected chi connectivity index (χ0v) is 21.2. The van der Waals surface area contributed by atoms with Gasteiger partial charge in [-0.05, 0) is 29.9 Å². The molecule has 0 spiro atoms. The third-order valence-corrected chi connectivity index (χ3v) is 5.97. The summed E-state index contributed by atoms with van der Waals surface area (Å²) >= 11 is 0. The molecule has 5 atom stereocenters. The van der Waals surface area contributed by atoms with E-state index in [1.54, 1.807) is 6.92 Å². The Kier molecular flexibility index (Phi) is 9.56. The number of ketones is 1. The fourth-order valence-electron chi connectivity index (χ4n) is 4.27. The molecule has 0 aromatic carbocycles. The predicted molar refractivity (Wildman–Crippen MR) is 119 cm³/mol. The molecule has 1 heterocycles. The Morgan fingerprint density at radius 1 is 0.857 bits per heavy atom. The first-order valence-electron chi connectivity index (χ1n) is 11.4. The van der Waals surface area contributed by atoms with Crippen LogP contribution >= 0.6 is 0 Å². The molecular weight excluding hydrogens is 464 g/mol. The van der Waals surface area contributed by atoms with Gasteiger partial charge in [0, 0.05) is 34.1 Å². The van der Waals surface area contributed by atoms with Gasteiger partial charge >= 0.3 is 23.9 Å². The number of Topliss-reactive ketones (excluding diaryl/α,β-unsaturated/α-hetero) is 1. The van der Waals surface area contributed by atoms with E-state index in [1.165, 1.54) is 0 Å². The van der Waals surface area contributed by atoms with Gasteiger partial charge in [0.05, 0.1) is 13.2 Å². The van der Waals surface area contributed by atoms with Crippen molar-refractivity contribution in [3.05, 3.63) is 11.1 Å². The summed E-state index contributed by atoms with van der Waals surface area (Å²) in [6.45, 7) is 10.3. The van der Waals surface area contributed by atoms with Crippen molar-refractivity contribution < 1.29 is 52.4 Å². The van der Waals surface area contributed by atoms with E-state index in [0.29, 0.717) is 18.4 Å². The smallest absolute Gasteiger partial charge is 0.305 e. The molecule has 0 bridgehead atoms. The second-order valence-corrected chi connectivity index (χ2v) is 9.30. The molecule has 2 aliphatic rings. The van der Waals surface area contributed by atoms with Gasteiger partial charge in [-0.3, -0.25) is 24.0 Å². The van der Waals surface area contributed by atoms with Crippen LogP contribution in [0.5, 0.6) is 0 Å². The lowest BCUT2D eigenvalue weighted by Crippen LogP contribution is -2.63. The number of esters is 4. The van der Waals surface area contributed by atoms with Crippen LogP contribution in [0.4, 0.5) is 0 Å². The molecule has 11 heteroatoms. The minimum Gasteiger partial charge on any atom is -0.456 e. The highest BCUT2D eigenvalue weighted by Crippen LogP contribution is 2.39. The van der Waals surface area contributed by atoms with E-state index < -0.39 is 54.6 Å². The van der Waals surface area contributed by atoms with Crippen LogP contribution in [0.2, 0.25) is 0 Å². The predicted octanol–water partition coefficient (Wildman–Crippen LogP) is 1.79. The van der Waals surface area contributed by atoms with Crippen molar-refractivity contribution in [2.24, 2.45) is 5.41 Å². The molecule has 0 amide bonds. The van der Waals surface area contributed by atoms with E-state index in [9.17, 15) is 24.0 Å². The van der Waals surface area contributed by atoms with E-state index >= 15 is 0 Å². The monoisotopic (exact) mass is 498 g/mol. The Bertz CT molecular complexity index is 888. The minimum absolute atomic E-state index is 0.0590. The third kappa shape index (κ3) is 7.60. The molecule has 1 saturated heterocycles. The lowest BCUT2D eigenvalue weighted by atomic mass is 9.72. The minimum atomic E-state index is -1.45. The van der Waals surface area contributed by atoms with Crippen LogP contribution < -0.4 is 0 Å². The molecule has 196 valence electrons. The number of allylic oxidation sites excluding steroid dienone is 1. The first kappa shape index (κ1) is 28.4. The number of ether oxygens (including phenoxy) is 6. The first-order valence-corrected chi connectivity index (χ1v) is 11.4. The molecule has 2 rings (SSSR count). The van der Waals surface area contributed by atoms with Gasteiger partial charge in [0.2, 0.25) is 12.4 Å². The Balaban J connectivity index is 2.33. The number of hydrogen-bond acceptors (Lipinski definition) is 11. The lowest BCUT2D eigenvalue weighted by molar-refractivity contribution is -0.301. The zero-order valence-electron chi connectivity index (χ0n) is 21.2. The third-order valence-electron chi connectivity index (χ3n) is 5.97. The highest BCUT2D eigenvalue weighted by molar-refractivity contribution is 5.96. The topological polar surface area (TPSA) is 141 Å². The van der Waals surface area contributed by atoms with Crippen LogP contribution in [0.25, 0.3) is 0 Å². The van der Waals surface area contributed by atoms with Gasteiger partial charge in [0.25, 0.3) is 0 Å². The van der Waals surface area contributed by atoms with E-state index in [0.717, 1.165) is 33.3 Å². The Labute approximate surface area is 204 Å². The van der Waals surface area contributed by atoms with Crippen molar-refractivity contribution in [2.45, 2.75) is 92.0 Å². The molecule has 0 aromatic heterocycles. The van der Waals surface area contributed by atoms with E-state index in [2.05, 4.69) is 0 Å². The Morgan fingerprint density at radius 3 is 1.91 bits per heavy atom. The van der Waals surface area contributed by atoms with Crippen molar-refractivity contribution >= 4 is 29.7 Å². The van der Waals surface area contributed by atoms with Crippen molar-refractivity contribution in [3.8, 4) is 0 Å². The van der Waals surface area contributed by atoms with Gasteiger partial charge in [-0.2, -0.15) is 0 Å². The molecule has 1 fully saturated rings. The molecule has 1 aliphatic heterocycles. The normalized spacial score (nSPS) is 28.2. The van der Waals surface area contributed by atoms with Crippen LogP contribution in [-0.4, -0.2) is 73.6 Å². The fourth-order valence-corrected chi connectivity index (χ4v) is 4.27. The first-order chi connectivity index (χ1) is 16.2. The molecule has 0 saturated carbocycles. The van der Waals surface area contributed by atoms with Crippen molar-refractivity contribution in [1.82, 2.24) is 0 Å². The maximum absolute atomic E-state index is 12.2. The summed E-state index contributed by atoms with van der Waals surface area (Å²) in [6.07, 6.45) is -5.30. The van der Waals surface area contributed by atoms with Crippen LogP contribution in [0, 0.1) is 5.41 Å². The number of rotatable bonds is 8. The molecule has 1 aliphatic carbocycles. The number of hydrogen-bond donors (Lipinski definition) is 0.